The van der Waals surface area contributed by atoms with Crippen molar-refractivity contribution < 1.29 is 51.5 Å². The molecule has 15 nitrogen and oxygen atoms in total. The Kier molecular flexibility index (Phi) is 14.5. The van der Waals surface area contributed by atoms with Crippen LogP contribution in [0.25, 0.3) is 22.5 Å². The van der Waals surface area contributed by atoms with Crippen molar-refractivity contribution in [3.8, 4) is 22.5 Å². The maximum atomic E-state index is 15.2. The molecule has 0 saturated heterocycles. The average molecular weight is 754 g/mol. The number of rotatable bonds is 20. The Hall–Kier alpha value is -4.89. The molecule has 288 valence electrons. The first kappa shape index (κ1) is 40.9. The minimum absolute atomic E-state index is 0.0413. The number of benzene rings is 2. The van der Waals surface area contributed by atoms with E-state index in [1.54, 1.807) is 49.4 Å². The molecule has 0 aliphatic heterocycles. The van der Waals surface area contributed by atoms with Gasteiger partial charge < -0.3 is 20.4 Å². The number of aryl methyl sites for hydroxylation is 1. The molecule has 1 atom stereocenters. The van der Waals surface area contributed by atoms with Crippen molar-refractivity contribution in [3.05, 3.63) is 71.3 Å². The van der Waals surface area contributed by atoms with Gasteiger partial charge in [-0.05, 0) is 67.0 Å². The van der Waals surface area contributed by atoms with Crippen LogP contribution in [0.5, 0.6) is 0 Å². The van der Waals surface area contributed by atoms with Crippen LogP contribution < -0.4 is 11.1 Å². The Bertz CT molecular complexity index is 1770. The van der Waals surface area contributed by atoms with Crippen LogP contribution in [0.4, 0.5) is 22.0 Å². The van der Waals surface area contributed by atoms with Crippen LogP contribution in [-0.4, -0.2) is 89.8 Å². The van der Waals surface area contributed by atoms with E-state index in [1.165, 1.54) is 0 Å². The zero-order chi connectivity index (χ0) is 38.6. The van der Waals surface area contributed by atoms with Gasteiger partial charge in [0, 0.05) is 18.5 Å². The lowest BCUT2D eigenvalue weighted by Crippen LogP contribution is -2.44. The largest absolute Gasteiger partial charge is 0.464 e. The molecule has 2 aromatic heterocycles. The number of carbonyl (C=O) groups excluding carboxylic acids is 2. The Morgan fingerprint density at radius 1 is 1.00 bits per heavy atom. The fraction of sp³-hybridized carbons (Fsp3) is 0.455. The molecule has 2 heterocycles. The first-order valence-electron chi connectivity index (χ1n) is 16.7. The Morgan fingerprint density at radius 3 is 2.32 bits per heavy atom. The van der Waals surface area contributed by atoms with Gasteiger partial charge in [-0.1, -0.05) is 55.5 Å². The number of amides is 1. The van der Waals surface area contributed by atoms with Crippen LogP contribution >= 0.6 is 0 Å². The van der Waals surface area contributed by atoms with Crippen molar-refractivity contribution in [2.45, 2.75) is 76.6 Å². The second kappa shape index (κ2) is 18.7. The number of imidazole rings is 1. The molecule has 20 heteroatoms. The monoisotopic (exact) mass is 753 g/mol. The molecule has 6 N–H and O–H groups in total. The summed E-state index contributed by atoms with van der Waals surface area (Å²) in [7, 11) is 0. The van der Waals surface area contributed by atoms with E-state index >= 15 is 8.78 Å². The molecule has 0 fully saturated rings. The number of nitrogens with zero attached hydrogens (tertiary/aromatic N) is 6. The number of unbranched alkanes of at least 4 members (excludes halogenated alkanes) is 2. The molecule has 0 spiro atoms. The summed E-state index contributed by atoms with van der Waals surface area (Å²) in [5.41, 5.74) is 5.31. The highest BCUT2D eigenvalue weighted by Crippen LogP contribution is 2.45. The second-order valence-corrected chi connectivity index (χ2v) is 11.9. The van der Waals surface area contributed by atoms with Gasteiger partial charge in [-0.15, -0.1) is 10.2 Å². The van der Waals surface area contributed by atoms with Gasteiger partial charge >= 0.3 is 18.1 Å². The van der Waals surface area contributed by atoms with Crippen LogP contribution in [0.3, 0.4) is 0 Å². The number of hydrogen-bond donors (Lipinski definition) is 5. The van der Waals surface area contributed by atoms with E-state index in [9.17, 15) is 22.8 Å². The Balaban J connectivity index is 1.68. The summed E-state index contributed by atoms with van der Waals surface area (Å²) in [5, 5.41) is 33.1. The van der Waals surface area contributed by atoms with Crippen LogP contribution in [0, 0.1) is 0 Å². The molecule has 0 aliphatic rings. The maximum absolute atomic E-state index is 15.2. The van der Waals surface area contributed by atoms with Crippen molar-refractivity contribution in [3.63, 3.8) is 0 Å². The first-order chi connectivity index (χ1) is 25.3. The third-order valence-electron chi connectivity index (χ3n) is 8.03. The van der Waals surface area contributed by atoms with E-state index in [0.717, 1.165) is 10.1 Å². The van der Waals surface area contributed by atoms with E-state index in [2.05, 4.69) is 35.8 Å². The van der Waals surface area contributed by atoms with E-state index in [0.29, 0.717) is 41.8 Å². The molecule has 4 aromatic rings. The number of nitrogens with two attached hydrogens (primary N) is 1. The number of alkyl halides is 5. The highest BCUT2D eigenvalue weighted by Gasteiger charge is 2.62. The SMILES string of the molecule is CCCc1nc(C(F)(F)C(F)(F)F)c(C(=O)NC(CCCCN)C(=O)OCCCCON(O)O)n1Cc1ccc(-c2ccccc2-c2nn[nH]n2)cc1. The van der Waals surface area contributed by atoms with Crippen LogP contribution in [0.2, 0.25) is 0 Å². The molecular formula is C33H40F5N9O6. The highest BCUT2D eigenvalue weighted by molar-refractivity contribution is 5.97. The Morgan fingerprint density at radius 2 is 1.70 bits per heavy atom. The van der Waals surface area contributed by atoms with Gasteiger partial charge in [-0.3, -0.25) is 20.0 Å². The lowest BCUT2D eigenvalue weighted by molar-refractivity contribution is -0.492. The number of halogens is 5. The van der Waals surface area contributed by atoms with Gasteiger partial charge in [0.2, 0.25) is 5.82 Å². The summed E-state index contributed by atoms with van der Waals surface area (Å²) in [4.78, 5) is 35.1. The zero-order valence-corrected chi connectivity index (χ0v) is 28.7. The van der Waals surface area contributed by atoms with Crippen molar-refractivity contribution in [2.24, 2.45) is 5.73 Å². The molecule has 4 rings (SSSR count). The third kappa shape index (κ3) is 10.6. The average Bonchev–Trinajstić information content (AvgIpc) is 3.78. The number of H-pyrrole nitrogens is 1. The second-order valence-electron chi connectivity index (χ2n) is 11.9. The number of ether oxygens (including phenoxy) is 1. The predicted octanol–water partition coefficient (Wildman–Crippen LogP) is 4.95. The fourth-order valence-electron chi connectivity index (χ4n) is 5.44. The molecular weight excluding hydrogens is 713 g/mol. The molecule has 0 aliphatic carbocycles. The minimum atomic E-state index is -6.09. The van der Waals surface area contributed by atoms with Crippen molar-refractivity contribution >= 4 is 11.9 Å². The molecule has 0 radical (unpaired) electrons. The number of hydrogen-bond acceptors (Lipinski definition) is 12. The quantitative estimate of drug-likeness (QED) is 0.0352. The summed E-state index contributed by atoms with van der Waals surface area (Å²) < 4.78 is 78.1. The summed E-state index contributed by atoms with van der Waals surface area (Å²) in [5.74, 6) is -7.69. The van der Waals surface area contributed by atoms with Crippen molar-refractivity contribution in [2.75, 3.05) is 19.8 Å². The number of esters is 1. The Labute approximate surface area is 300 Å². The van der Waals surface area contributed by atoms with Crippen LogP contribution in [0.1, 0.15) is 73.0 Å². The molecule has 0 saturated carbocycles. The summed E-state index contributed by atoms with van der Waals surface area (Å²) >= 11 is 0. The van der Waals surface area contributed by atoms with Crippen molar-refractivity contribution in [1.29, 1.82) is 0 Å². The maximum Gasteiger partial charge on any atom is 0.459 e. The summed E-state index contributed by atoms with van der Waals surface area (Å²) in [6.07, 6.45) is -4.73. The van der Waals surface area contributed by atoms with Crippen LogP contribution in [0.15, 0.2) is 48.5 Å². The predicted molar refractivity (Wildman–Crippen MR) is 176 cm³/mol. The van der Waals surface area contributed by atoms with E-state index < -0.39 is 46.8 Å². The van der Waals surface area contributed by atoms with Gasteiger partial charge in [-0.25, -0.2) is 9.78 Å². The number of aromatic nitrogens is 6. The molecule has 1 amide bonds. The number of carbonyl (C=O) groups is 2. The number of aromatic amines is 1. The van der Waals surface area contributed by atoms with E-state index in [4.69, 9.17) is 20.9 Å². The van der Waals surface area contributed by atoms with Gasteiger partial charge in [0.1, 0.15) is 17.6 Å². The molecule has 0 bridgehead atoms. The van der Waals surface area contributed by atoms with E-state index in [1.807, 2.05) is 6.07 Å². The molecule has 53 heavy (non-hydrogen) atoms. The molecule has 2 aromatic carbocycles. The lowest BCUT2D eigenvalue weighted by Gasteiger charge is -2.22. The van der Waals surface area contributed by atoms with Gasteiger partial charge in [0.25, 0.3) is 5.91 Å². The summed E-state index contributed by atoms with van der Waals surface area (Å²) in [6, 6.07) is 12.5. The number of tetrazole rings is 1. The topological polar surface area (TPSA) is 207 Å². The zero-order valence-electron chi connectivity index (χ0n) is 28.7. The van der Waals surface area contributed by atoms with Gasteiger partial charge in [0.15, 0.2) is 5.69 Å². The third-order valence-corrected chi connectivity index (χ3v) is 8.03. The number of nitrogens with one attached hydrogen (secondary N) is 2. The fourth-order valence-corrected chi connectivity index (χ4v) is 5.44. The van der Waals surface area contributed by atoms with Crippen molar-refractivity contribution in [1.82, 2.24) is 40.9 Å². The van der Waals surface area contributed by atoms with E-state index in [-0.39, 0.29) is 57.8 Å². The first-order valence-corrected chi connectivity index (χ1v) is 16.7. The highest BCUT2D eigenvalue weighted by atomic mass is 19.4. The minimum Gasteiger partial charge on any atom is -0.464 e. The standard InChI is InChI=1S/C33H40F5N9O6/c1-2-9-26-41-28(32(34,35)33(36,37)38)27(30(48)40-25(12-5-6-17-39)31(49)52-18-7-8-19-53-47(50)51)46(26)20-21-13-15-22(16-14-21)23-10-3-4-11-24(23)29-42-44-45-43-29/h3-4,10-11,13-16,25,50-51H,2,5-9,12,17-20,39H2,1H3,(H,40,48)(H,42,43,44,45). The lowest BCUT2D eigenvalue weighted by atomic mass is 9.98. The van der Waals surface area contributed by atoms with Gasteiger partial charge in [-0.2, -0.15) is 27.2 Å². The normalized spacial score (nSPS) is 12.6. The smallest absolute Gasteiger partial charge is 0.459 e. The van der Waals surface area contributed by atoms with Crippen LogP contribution in [-0.2, 0) is 33.3 Å². The molecule has 1 unspecified atom stereocenters. The summed E-state index contributed by atoms with van der Waals surface area (Å²) in [6.45, 7) is 1.29. The van der Waals surface area contributed by atoms with Gasteiger partial charge in [0.05, 0.1) is 18.6 Å².